The average molecular weight is 272 g/mol. The van der Waals surface area contributed by atoms with Crippen molar-refractivity contribution in [3.05, 3.63) is 36.4 Å². The van der Waals surface area contributed by atoms with Gasteiger partial charge in [-0.2, -0.15) is 0 Å². The number of esters is 1. The van der Waals surface area contributed by atoms with Crippen molar-refractivity contribution in [3.8, 4) is 0 Å². The first-order chi connectivity index (χ1) is 9.78. The quantitative estimate of drug-likeness (QED) is 0.777. The van der Waals surface area contributed by atoms with Crippen LogP contribution in [0.1, 0.15) is 0 Å². The van der Waals surface area contributed by atoms with Gasteiger partial charge in [-0.3, -0.25) is 0 Å². The van der Waals surface area contributed by atoms with Crippen LogP contribution in [-0.2, 0) is 14.3 Å². The fourth-order valence-corrected chi connectivity index (χ4v) is 2.36. The van der Waals surface area contributed by atoms with Gasteiger partial charge in [-0.05, 0) is 18.2 Å². The molecule has 1 fully saturated rings. The summed E-state index contributed by atoms with van der Waals surface area (Å²) >= 11 is 0. The van der Waals surface area contributed by atoms with E-state index in [1.54, 1.807) is 0 Å². The van der Waals surface area contributed by atoms with Gasteiger partial charge < -0.3 is 14.4 Å². The Bertz CT molecular complexity index is 629. The summed E-state index contributed by atoms with van der Waals surface area (Å²) in [5, 5.41) is 1.11. The molecule has 0 amide bonds. The lowest BCUT2D eigenvalue weighted by molar-refractivity contribution is -0.154. The molecule has 2 aromatic rings. The number of pyridine rings is 1. The summed E-state index contributed by atoms with van der Waals surface area (Å²) in [4.78, 5) is 18.3. The highest BCUT2D eigenvalue weighted by molar-refractivity contribution is 5.80. The number of methoxy groups -OCH3 is 1. The van der Waals surface area contributed by atoms with Gasteiger partial charge in [0.15, 0.2) is 6.10 Å². The average Bonchev–Trinajstić information content (AvgIpc) is 2.53. The molecule has 1 aromatic heterocycles. The van der Waals surface area contributed by atoms with Crippen LogP contribution in [0, 0.1) is 0 Å². The van der Waals surface area contributed by atoms with Crippen LogP contribution in [0.5, 0.6) is 0 Å². The summed E-state index contributed by atoms with van der Waals surface area (Å²) in [6.07, 6.45) is -0.540. The fraction of sp³-hybridized carbons (Fsp3) is 0.333. The van der Waals surface area contributed by atoms with Crippen LogP contribution in [0.4, 0.5) is 5.82 Å². The molecule has 1 unspecified atom stereocenters. The fourth-order valence-electron chi connectivity index (χ4n) is 2.36. The number of aromatic nitrogens is 1. The predicted octanol–water partition coefficient (Wildman–Crippen LogP) is 1.61. The van der Waals surface area contributed by atoms with E-state index in [-0.39, 0.29) is 5.97 Å². The lowest BCUT2D eigenvalue weighted by Crippen LogP contribution is -2.46. The Morgan fingerprint density at radius 3 is 3.05 bits per heavy atom. The third-order valence-electron chi connectivity index (χ3n) is 3.44. The zero-order chi connectivity index (χ0) is 13.9. The van der Waals surface area contributed by atoms with E-state index < -0.39 is 6.10 Å². The van der Waals surface area contributed by atoms with Gasteiger partial charge in [0.25, 0.3) is 0 Å². The second kappa shape index (κ2) is 5.46. The van der Waals surface area contributed by atoms with Crippen molar-refractivity contribution < 1.29 is 14.3 Å². The van der Waals surface area contributed by atoms with Crippen LogP contribution in [0.25, 0.3) is 10.9 Å². The molecule has 0 radical (unpaired) electrons. The molecule has 0 aliphatic carbocycles. The Balaban J connectivity index is 1.84. The standard InChI is InChI=1S/C15H16N2O3/c1-19-15(18)13-10-17(8-9-20-13)14-7-6-11-4-2-3-5-12(11)16-14/h2-7,13H,8-10H2,1H3. The van der Waals surface area contributed by atoms with Crippen LogP contribution in [0.3, 0.4) is 0 Å². The van der Waals surface area contributed by atoms with Crippen LogP contribution in [-0.4, -0.2) is 43.9 Å². The number of rotatable bonds is 2. The molecule has 1 atom stereocenters. The highest BCUT2D eigenvalue weighted by atomic mass is 16.6. The summed E-state index contributed by atoms with van der Waals surface area (Å²) in [6, 6.07) is 12.0. The minimum absolute atomic E-state index is 0.338. The van der Waals surface area contributed by atoms with E-state index in [2.05, 4.69) is 9.88 Å². The first kappa shape index (κ1) is 12.9. The second-order valence-corrected chi connectivity index (χ2v) is 4.69. The largest absolute Gasteiger partial charge is 0.467 e. The van der Waals surface area contributed by atoms with Gasteiger partial charge in [0.05, 0.1) is 25.8 Å². The number of ether oxygens (including phenoxy) is 2. The Morgan fingerprint density at radius 2 is 2.20 bits per heavy atom. The van der Waals surface area contributed by atoms with E-state index in [1.165, 1.54) is 7.11 Å². The number of carbonyl (C=O) groups excluding carboxylic acids is 1. The molecule has 104 valence electrons. The molecular weight excluding hydrogens is 256 g/mol. The van der Waals surface area contributed by atoms with Crippen molar-refractivity contribution in [2.45, 2.75) is 6.10 Å². The maximum Gasteiger partial charge on any atom is 0.336 e. The van der Waals surface area contributed by atoms with Gasteiger partial charge in [-0.1, -0.05) is 18.2 Å². The minimum atomic E-state index is -0.540. The number of morpholine rings is 1. The van der Waals surface area contributed by atoms with Crippen molar-refractivity contribution >= 4 is 22.7 Å². The number of benzene rings is 1. The molecular formula is C15H16N2O3. The first-order valence-corrected chi connectivity index (χ1v) is 6.58. The van der Waals surface area contributed by atoms with Gasteiger partial charge in [0.1, 0.15) is 5.82 Å². The monoisotopic (exact) mass is 272 g/mol. The number of carbonyl (C=O) groups is 1. The first-order valence-electron chi connectivity index (χ1n) is 6.58. The molecule has 1 aliphatic rings. The van der Waals surface area contributed by atoms with Gasteiger partial charge in [0.2, 0.25) is 0 Å². The van der Waals surface area contributed by atoms with Gasteiger partial charge >= 0.3 is 5.97 Å². The highest BCUT2D eigenvalue weighted by Crippen LogP contribution is 2.20. The maximum atomic E-state index is 11.6. The molecule has 1 aromatic carbocycles. The molecule has 20 heavy (non-hydrogen) atoms. The summed E-state index contributed by atoms with van der Waals surface area (Å²) in [5.74, 6) is 0.524. The molecule has 5 nitrogen and oxygen atoms in total. The van der Waals surface area contributed by atoms with E-state index in [0.29, 0.717) is 13.2 Å². The van der Waals surface area contributed by atoms with E-state index in [4.69, 9.17) is 9.47 Å². The zero-order valence-electron chi connectivity index (χ0n) is 11.3. The molecule has 1 saturated heterocycles. The van der Waals surface area contributed by atoms with E-state index in [1.807, 2.05) is 36.4 Å². The summed E-state index contributed by atoms with van der Waals surface area (Å²) in [6.45, 7) is 1.69. The van der Waals surface area contributed by atoms with Crippen molar-refractivity contribution in [1.82, 2.24) is 4.98 Å². The van der Waals surface area contributed by atoms with Crippen LogP contribution in [0.2, 0.25) is 0 Å². The van der Waals surface area contributed by atoms with Gasteiger partial charge in [-0.15, -0.1) is 0 Å². The van der Waals surface area contributed by atoms with E-state index >= 15 is 0 Å². The Hall–Kier alpha value is -2.14. The molecule has 5 heteroatoms. The van der Waals surface area contributed by atoms with E-state index in [0.717, 1.165) is 23.3 Å². The molecule has 2 heterocycles. The van der Waals surface area contributed by atoms with Crippen molar-refractivity contribution in [1.29, 1.82) is 0 Å². The topological polar surface area (TPSA) is 51.7 Å². The summed E-state index contributed by atoms with van der Waals surface area (Å²) in [7, 11) is 1.37. The molecule has 0 spiro atoms. The number of hydrogen-bond acceptors (Lipinski definition) is 5. The second-order valence-electron chi connectivity index (χ2n) is 4.69. The van der Waals surface area contributed by atoms with Crippen LogP contribution < -0.4 is 4.90 Å². The molecule has 0 saturated carbocycles. The number of anilines is 1. The van der Waals surface area contributed by atoms with Gasteiger partial charge in [0, 0.05) is 11.9 Å². The molecule has 0 bridgehead atoms. The lowest BCUT2D eigenvalue weighted by Gasteiger charge is -2.32. The van der Waals surface area contributed by atoms with Crippen molar-refractivity contribution in [3.63, 3.8) is 0 Å². The Labute approximate surface area is 117 Å². The minimum Gasteiger partial charge on any atom is -0.467 e. The normalized spacial score (nSPS) is 19.1. The van der Waals surface area contributed by atoms with Crippen LogP contribution >= 0.6 is 0 Å². The molecule has 0 N–H and O–H groups in total. The molecule has 3 rings (SSSR count). The third kappa shape index (κ3) is 2.44. The summed E-state index contributed by atoms with van der Waals surface area (Å²) < 4.78 is 10.2. The predicted molar refractivity (Wildman–Crippen MR) is 75.7 cm³/mol. The maximum absolute atomic E-state index is 11.6. The Kier molecular flexibility index (Phi) is 3.52. The summed E-state index contributed by atoms with van der Waals surface area (Å²) in [5.41, 5.74) is 0.950. The van der Waals surface area contributed by atoms with Crippen molar-refractivity contribution in [2.75, 3.05) is 31.7 Å². The number of hydrogen-bond donors (Lipinski definition) is 0. The highest BCUT2D eigenvalue weighted by Gasteiger charge is 2.28. The zero-order valence-corrected chi connectivity index (χ0v) is 11.3. The van der Waals surface area contributed by atoms with Gasteiger partial charge in [-0.25, -0.2) is 9.78 Å². The SMILES string of the molecule is COC(=O)C1CN(c2ccc3ccccc3n2)CCO1. The number of fused-ring (bicyclic) bond motifs is 1. The number of para-hydroxylation sites is 1. The lowest BCUT2D eigenvalue weighted by atomic mass is 10.2. The van der Waals surface area contributed by atoms with Crippen molar-refractivity contribution in [2.24, 2.45) is 0 Å². The number of nitrogens with zero attached hydrogens (tertiary/aromatic N) is 2. The third-order valence-corrected chi connectivity index (χ3v) is 3.44. The van der Waals surface area contributed by atoms with E-state index in [9.17, 15) is 4.79 Å². The Morgan fingerprint density at radius 1 is 1.35 bits per heavy atom. The smallest absolute Gasteiger partial charge is 0.336 e. The molecule has 1 aliphatic heterocycles. The van der Waals surface area contributed by atoms with Crippen LogP contribution in [0.15, 0.2) is 36.4 Å².